The molecular formula is C14H17NO4S2. The molecule has 5 nitrogen and oxygen atoms in total. The fourth-order valence-electron chi connectivity index (χ4n) is 1.99. The van der Waals surface area contributed by atoms with E-state index in [1.165, 1.54) is 18.4 Å². The number of aryl methyl sites for hydroxylation is 1. The Kier molecular flexibility index (Phi) is 4.43. The molecule has 2 rings (SSSR count). The molecule has 0 bridgehead atoms. The maximum absolute atomic E-state index is 12.4. The van der Waals surface area contributed by atoms with Gasteiger partial charge in [-0.25, -0.2) is 8.42 Å². The fourth-order valence-corrected chi connectivity index (χ4v) is 4.34. The maximum atomic E-state index is 12.4. The van der Waals surface area contributed by atoms with Crippen LogP contribution in [0, 0.1) is 13.8 Å². The van der Waals surface area contributed by atoms with Crippen LogP contribution in [0.5, 0.6) is 11.5 Å². The van der Waals surface area contributed by atoms with Crippen molar-refractivity contribution in [2.45, 2.75) is 18.1 Å². The Bertz CT molecular complexity index is 750. The predicted octanol–water partition coefficient (Wildman–Crippen LogP) is 3.18. The molecule has 0 unspecified atom stereocenters. The summed E-state index contributed by atoms with van der Waals surface area (Å²) < 4.78 is 38.1. The van der Waals surface area contributed by atoms with Gasteiger partial charge < -0.3 is 9.47 Å². The molecule has 21 heavy (non-hydrogen) atoms. The van der Waals surface area contributed by atoms with Crippen LogP contribution in [-0.2, 0) is 10.0 Å². The van der Waals surface area contributed by atoms with Crippen molar-refractivity contribution < 1.29 is 17.9 Å². The molecule has 114 valence electrons. The molecule has 0 radical (unpaired) electrons. The Labute approximate surface area is 128 Å². The zero-order chi connectivity index (χ0) is 15.6. The summed E-state index contributed by atoms with van der Waals surface area (Å²) >= 11 is 1.22. The summed E-state index contributed by atoms with van der Waals surface area (Å²) in [7, 11) is -0.563. The first-order chi connectivity index (χ1) is 9.89. The summed E-state index contributed by atoms with van der Waals surface area (Å²) in [4.78, 5) is 0.938. The van der Waals surface area contributed by atoms with E-state index >= 15 is 0 Å². The highest BCUT2D eigenvalue weighted by Crippen LogP contribution is 2.36. The molecule has 0 saturated carbocycles. The highest BCUT2D eigenvalue weighted by molar-refractivity contribution is 7.94. The SMILES string of the molecule is COc1ccc(NS(=O)(=O)c2ccc(C)s2)c(OC)c1C. The van der Waals surface area contributed by atoms with E-state index < -0.39 is 10.0 Å². The van der Waals surface area contributed by atoms with Gasteiger partial charge in [0.15, 0.2) is 0 Å². The Morgan fingerprint density at radius 1 is 1.05 bits per heavy atom. The Balaban J connectivity index is 2.42. The molecular weight excluding hydrogens is 310 g/mol. The second-order valence-corrected chi connectivity index (χ2v) is 7.64. The second-order valence-electron chi connectivity index (χ2n) is 4.44. The first-order valence-electron chi connectivity index (χ1n) is 6.20. The van der Waals surface area contributed by atoms with Crippen LogP contribution >= 0.6 is 11.3 Å². The van der Waals surface area contributed by atoms with Crippen LogP contribution < -0.4 is 14.2 Å². The van der Waals surface area contributed by atoms with Crippen LogP contribution in [0.3, 0.4) is 0 Å². The number of sulfonamides is 1. The molecule has 2 aromatic rings. The third kappa shape index (κ3) is 3.14. The Morgan fingerprint density at radius 3 is 2.29 bits per heavy atom. The Hall–Kier alpha value is -1.73. The van der Waals surface area contributed by atoms with Gasteiger partial charge in [0, 0.05) is 10.4 Å². The van der Waals surface area contributed by atoms with Gasteiger partial charge in [-0.1, -0.05) is 0 Å². The summed E-state index contributed by atoms with van der Waals surface area (Å²) in [6.45, 7) is 3.67. The normalized spacial score (nSPS) is 11.2. The minimum Gasteiger partial charge on any atom is -0.496 e. The second kappa shape index (κ2) is 5.95. The molecule has 0 atom stereocenters. The molecule has 0 amide bonds. The van der Waals surface area contributed by atoms with Crippen molar-refractivity contribution in [3.8, 4) is 11.5 Å². The van der Waals surface area contributed by atoms with E-state index in [4.69, 9.17) is 9.47 Å². The lowest BCUT2D eigenvalue weighted by Crippen LogP contribution is -2.12. The first-order valence-corrected chi connectivity index (χ1v) is 8.50. The minimum atomic E-state index is -3.61. The fraction of sp³-hybridized carbons (Fsp3) is 0.286. The zero-order valence-corrected chi connectivity index (χ0v) is 13.9. The molecule has 0 aliphatic rings. The van der Waals surface area contributed by atoms with E-state index in [2.05, 4.69) is 4.72 Å². The lowest BCUT2D eigenvalue weighted by molar-refractivity contribution is 0.390. The summed E-state index contributed by atoms with van der Waals surface area (Å²) in [5.41, 5.74) is 1.13. The van der Waals surface area contributed by atoms with Crippen LogP contribution in [0.1, 0.15) is 10.4 Å². The third-order valence-corrected chi connectivity index (χ3v) is 5.86. The van der Waals surface area contributed by atoms with Crippen LogP contribution in [-0.4, -0.2) is 22.6 Å². The van der Waals surface area contributed by atoms with Crippen LogP contribution in [0.4, 0.5) is 5.69 Å². The monoisotopic (exact) mass is 327 g/mol. The lowest BCUT2D eigenvalue weighted by atomic mass is 10.2. The predicted molar refractivity (Wildman–Crippen MR) is 84.1 cm³/mol. The molecule has 1 N–H and O–H groups in total. The van der Waals surface area contributed by atoms with E-state index in [0.29, 0.717) is 17.2 Å². The molecule has 0 aliphatic carbocycles. The number of hydrogen-bond acceptors (Lipinski definition) is 5. The molecule has 1 aromatic carbocycles. The van der Waals surface area contributed by atoms with Crippen molar-refractivity contribution in [1.82, 2.24) is 0 Å². The van der Waals surface area contributed by atoms with Gasteiger partial charge in [-0.3, -0.25) is 4.72 Å². The summed E-state index contributed by atoms with van der Waals surface area (Å²) in [5.74, 6) is 1.09. The number of nitrogens with one attached hydrogen (secondary N) is 1. The van der Waals surface area contributed by atoms with Gasteiger partial charge >= 0.3 is 0 Å². The number of anilines is 1. The highest BCUT2D eigenvalue weighted by Gasteiger charge is 2.20. The van der Waals surface area contributed by atoms with E-state index in [0.717, 1.165) is 10.4 Å². The quantitative estimate of drug-likeness (QED) is 0.916. The van der Waals surface area contributed by atoms with Crippen molar-refractivity contribution in [2.75, 3.05) is 18.9 Å². The minimum absolute atomic E-state index is 0.274. The molecule has 1 heterocycles. The first kappa shape index (κ1) is 15.7. The molecule has 7 heteroatoms. The topological polar surface area (TPSA) is 64.6 Å². The van der Waals surface area contributed by atoms with Crippen molar-refractivity contribution in [3.05, 3.63) is 34.7 Å². The van der Waals surface area contributed by atoms with Gasteiger partial charge in [0.25, 0.3) is 10.0 Å². The van der Waals surface area contributed by atoms with E-state index in [9.17, 15) is 8.42 Å². The van der Waals surface area contributed by atoms with Crippen LogP contribution in [0.2, 0.25) is 0 Å². The van der Waals surface area contributed by atoms with Crippen molar-refractivity contribution >= 4 is 27.0 Å². The maximum Gasteiger partial charge on any atom is 0.271 e. The molecule has 0 saturated heterocycles. The number of methoxy groups -OCH3 is 2. The van der Waals surface area contributed by atoms with Gasteiger partial charge in [0.2, 0.25) is 0 Å². The average molecular weight is 327 g/mol. The van der Waals surface area contributed by atoms with Crippen molar-refractivity contribution in [2.24, 2.45) is 0 Å². The average Bonchev–Trinajstić information content (AvgIpc) is 2.86. The molecule has 0 fully saturated rings. The van der Waals surface area contributed by atoms with Crippen molar-refractivity contribution in [3.63, 3.8) is 0 Å². The van der Waals surface area contributed by atoms with Crippen LogP contribution in [0.15, 0.2) is 28.5 Å². The van der Waals surface area contributed by atoms with Gasteiger partial charge in [-0.15, -0.1) is 11.3 Å². The Morgan fingerprint density at radius 2 is 1.76 bits per heavy atom. The molecule has 1 aromatic heterocycles. The standard InChI is InChI=1S/C14H17NO4S2/c1-9-5-8-13(20-9)21(16,17)15-11-6-7-12(18-3)10(2)14(11)19-4/h5-8,15H,1-4H3. The summed E-state index contributed by atoms with van der Waals surface area (Å²) in [5, 5.41) is 0. The number of rotatable bonds is 5. The van der Waals surface area contributed by atoms with E-state index in [-0.39, 0.29) is 4.21 Å². The van der Waals surface area contributed by atoms with Crippen LogP contribution in [0.25, 0.3) is 0 Å². The largest absolute Gasteiger partial charge is 0.496 e. The van der Waals surface area contributed by atoms with E-state index in [1.807, 2.05) is 13.8 Å². The lowest BCUT2D eigenvalue weighted by Gasteiger charge is -2.15. The third-order valence-electron chi connectivity index (χ3n) is 3.01. The smallest absolute Gasteiger partial charge is 0.271 e. The van der Waals surface area contributed by atoms with Gasteiger partial charge in [0.1, 0.15) is 15.7 Å². The number of benzene rings is 1. The van der Waals surface area contributed by atoms with Crippen molar-refractivity contribution in [1.29, 1.82) is 0 Å². The summed E-state index contributed by atoms with van der Waals surface area (Å²) in [6.07, 6.45) is 0. The molecule has 0 spiro atoms. The van der Waals surface area contributed by atoms with Gasteiger partial charge in [0.05, 0.1) is 19.9 Å². The number of hydrogen-bond donors (Lipinski definition) is 1. The van der Waals surface area contributed by atoms with Gasteiger partial charge in [-0.05, 0) is 38.1 Å². The zero-order valence-electron chi connectivity index (χ0n) is 12.3. The van der Waals surface area contributed by atoms with Gasteiger partial charge in [-0.2, -0.15) is 0 Å². The highest BCUT2D eigenvalue weighted by atomic mass is 32.2. The summed E-state index contributed by atoms with van der Waals surface area (Å²) in [6, 6.07) is 6.69. The number of thiophene rings is 1. The molecule has 0 aliphatic heterocycles. The van der Waals surface area contributed by atoms with E-state index in [1.54, 1.807) is 31.4 Å². The number of ether oxygens (including phenoxy) is 2.